The Morgan fingerprint density at radius 1 is 1.12 bits per heavy atom. The number of aromatic nitrogens is 1. The number of piperidine rings is 1. The molecule has 2 aliphatic heterocycles. The van der Waals surface area contributed by atoms with E-state index in [1.807, 2.05) is 52.8 Å². The van der Waals surface area contributed by atoms with Crippen LogP contribution in [0.1, 0.15) is 30.5 Å². The van der Waals surface area contributed by atoms with Gasteiger partial charge < -0.3 is 14.2 Å². The van der Waals surface area contributed by atoms with Gasteiger partial charge in [0, 0.05) is 37.3 Å². The molecule has 1 saturated heterocycles. The first-order valence-corrected chi connectivity index (χ1v) is 9.33. The van der Waals surface area contributed by atoms with Crippen molar-refractivity contribution < 1.29 is 9.53 Å². The molecule has 5 heteroatoms. The summed E-state index contributed by atoms with van der Waals surface area (Å²) in [4.78, 5) is 26.9. The van der Waals surface area contributed by atoms with Crippen LogP contribution in [0.25, 0.3) is 0 Å². The van der Waals surface area contributed by atoms with Gasteiger partial charge in [-0.25, -0.2) is 0 Å². The maximum atomic E-state index is 12.8. The zero-order valence-electron chi connectivity index (χ0n) is 15.1. The molecule has 136 valence electrons. The fourth-order valence-corrected chi connectivity index (χ4v) is 4.26. The fraction of sp³-hybridized carbons (Fsp3) is 0.429. The number of nitrogens with zero attached hydrogens (tertiary/aromatic N) is 2. The van der Waals surface area contributed by atoms with E-state index in [1.165, 1.54) is 0 Å². The van der Waals surface area contributed by atoms with Crippen LogP contribution in [0.3, 0.4) is 0 Å². The van der Waals surface area contributed by atoms with Crippen molar-refractivity contribution in [2.75, 3.05) is 19.7 Å². The highest BCUT2D eigenvalue weighted by Gasteiger charge is 2.36. The third-order valence-corrected chi connectivity index (χ3v) is 5.42. The van der Waals surface area contributed by atoms with Crippen LogP contribution in [0, 0.1) is 5.92 Å². The van der Waals surface area contributed by atoms with Crippen LogP contribution < -0.4 is 10.3 Å². The van der Waals surface area contributed by atoms with Crippen LogP contribution in [0.2, 0.25) is 0 Å². The second-order valence-corrected chi connectivity index (χ2v) is 7.25. The molecule has 0 radical (unpaired) electrons. The minimum atomic E-state index is 0.0753. The first-order valence-electron chi connectivity index (χ1n) is 9.33. The van der Waals surface area contributed by atoms with Crippen molar-refractivity contribution >= 4 is 5.91 Å². The number of amides is 1. The molecule has 2 aromatic rings. The van der Waals surface area contributed by atoms with Crippen LogP contribution in [0.5, 0.6) is 5.75 Å². The summed E-state index contributed by atoms with van der Waals surface area (Å²) in [6.07, 6.45) is 1.48. The minimum absolute atomic E-state index is 0.0753. The standard InChI is InChI=1S/C21H24N2O3/c1-2-26-18-8-6-15(7-9-18)11-21(25)22-12-16-10-17(14-22)19-4-3-5-20(24)23(19)13-16/h3-9,16-17H,2,10-14H2,1H3/t16-,17+/m1/s1. The molecule has 2 atom stereocenters. The lowest BCUT2D eigenvalue weighted by Gasteiger charge is -2.42. The Kier molecular flexibility index (Phi) is 4.53. The van der Waals surface area contributed by atoms with E-state index < -0.39 is 0 Å². The number of ether oxygens (including phenoxy) is 1. The normalized spacial score (nSPS) is 21.2. The predicted octanol–water partition coefficient (Wildman–Crippen LogP) is 2.44. The zero-order chi connectivity index (χ0) is 18.1. The van der Waals surface area contributed by atoms with Gasteiger partial charge in [-0.1, -0.05) is 18.2 Å². The second kappa shape index (κ2) is 6.98. The average molecular weight is 352 g/mol. The first kappa shape index (κ1) is 16.9. The number of benzene rings is 1. The Morgan fingerprint density at radius 2 is 1.92 bits per heavy atom. The van der Waals surface area contributed by atoms with Gasteiger partial charge in [0.25, 0.3) is 5.56 Å². The molecule has 2 aliphatic rings. The van der Waals surface area contributed by atoms with Crippen molar-refractivity contribution in [2.24, 2.45) is 5.92 Å². The molecule has 0 unspecified atom stereocenters. The highest BCUT2D eigenvalue weighted by atomic mass is 16.5. The van der Waals surface area contributed by atoms with Gasteiger partial charge in [0.05, 0.1) is 13.0 Å². The van der Waals surface area contributed by atoms with Gasteiger partial charge in [0.15, 0.2) is 0 Å². The minimum Gasteiger partial charge on any atom is -0.494 e. The molecule has 1 fully saturated rings. The Hall–Kier alpha value is -2.56. The van der Waals surface area contributed by atoms with Crippen molar-refractivity contribution in [3.05, 3.63) is 64.1 Å². The molecule has 0 aliphatic carbocycles. The Morgan fingerprint density at radius 3 is 2.69 bits per heavy atom. The van der Waals surface area contributed by atoms with E-state index in [4.69, 9.17) is 4.74 Å². The zero-order valence-corrected chi connectivity index (χ0v) is 15.1. The summed E-state index contributed by atoms with van der Waals surface area (Å²) in [6, 6.07) is 13.2. The molecule has 2 bridgehead atoms. The summed E-state index contributed by atoms with van der Waals surface area (Å²) < 4.78 is 7.35. The summed E-state index contributed by atoms with van der Waals surface area (Å²) in [5, 5.41) is 0. The van der Waals surface area contributed by atoms with E-state index >= 15 is 0 Å². The van der Waals surface area contributed by atoms with Gasteiger partial charge in [-0.15, -0.1) is 0 Å². The van der Waals surface area contributed by atoms with Crippen LogP contribution in [0.4, 0.5) is 0 Å². The smallest absolute Gasteiger partial charge is 0.250 e. The van der Waals surface area contributed by atoms with Crippen molar-refractivity contribution in [3.8, 4) is 5.75 Å². The number of likely N-dealkylation sites (tertiary alicyclic amines) is 1. The monoisotopic (exact) mass is 352 g/mol. The number of carbonyl (C=O) groups excluding carboxylic acids is 1. The maximum absolute atomic E-state index is 12.8. The second-order valence-electron chi connectivity index (χ2n) is 7.25. The molecule has 4 rings (SSSR count). The van der Waals surface area contributed by atoms with E-state index in [9.17, 15) is 9.59 Å². The highest BCUT2D eigenvalue weighted by Crippen LogP contribution is 2.35. The van der Waals surface area contributed by atoms with Crippen molar-refractivity contribution in [2.45, 2.75) is 32.2 Å². The van der Waals surface area contributed by atoms with Crippen LogP contribution in [0.15, 0.2) is 47.3 Å². The average Bonchev–Trinajstić information content (AvgIpc) is 2.64. The molecule has 0 spiro atoms. The quantitative estimate of drug-likeness (QED) is 0.849. The molecule has 26 heavy (non-hydrogen) atoms. The fourth-order valence-electron chi connectivity index (χ4n) is 4.26. The van der Waals surface area contributed by atoms with Crippen LogP contribution in [-0.2, 0) is 17.8 Å². The molecule has 1 aromatic carbocycles. The van der Waals surface area contributed by atoms with E-state index in [-0.39, 0.29) is 17.4 Å². The van der Waals surface area contributed by atoms with Gasteiger partial charge in [0.1, 0.15) is 5.75 Å². The van der Waals surface area contributed by atoms with E-state index in [0.29, 0.717) is 25.5 Å². The topological polar surface area (TPSA) is 51.5 Å². The molecular weight excluding hydrogens is 328 g/mol. The maximum Gasteiger partial charge on any atom is 0.250 e. The Balaban J connectivity index is 1.46. The van der Waals surface area contributed by atoms with Gasteiger partial charge in [0.2, 0.25) is 5.91 Å². The molecule has 5 nitrogen and oxygen atoms in total. The van der Waals surface area contributed by atoms with Gasteiger partial charge >= 0.3 is 0 Å². The lowest BCUT2D eigenvalue weighted by Crippen LogP contribution is -2.49. The Labute approximate surface area is 153 Å². The van der Waals surface area contributed by atoms with E-state index in [0.717, 1.165) is 36.5 Å². The van der Waals surface area contributed by atoms with Gasteiger partial charge in [-0.05, 0) is 43.0 Å². The van der Waals surface area contributed by atoms with Crippen molar-refractivity contribution in [1.29, 1.82) is 0 Å². The molecule has 3 heterocycles. The van der Waals surface area contributed by atoms with Crippen LogP contribution >= 0.6 is 0 Å². The molecule has 0 N–H and O–H groups in total. The lowest BCUT2D eigenvalue weighted by molar-refractivity contribution is -0.133. The van der Waals surface area contributed by atoms with Gasteiger partial charge in [-0.2, -0.15) is 0 Å². The number of carbonyl (C=O) groups is 1. The SMILES string of the molecule is CCOc1ccc(CC(=O)N2C[C@H]3C[C@@H](C2)c2cccc(=O)n2C3)cc1. The highest BCUT2D eigenvalue weighted by molar-refractivity contribution is 5.79. The molecule has 1 aromatic heterocycles. The third kappa shape index (κ3) is 3.26. The summed E-state index contributed by atoms with van der Waals surface area (Å²) in [5.41, 5.74) is 2.16. The summed E-state index contributed by atoms with van der Waals surface area (Å²) >= 11 is 0. The summed E-state index contributed by atoms with van der Waals surface area (Å²) in [5.74, 6) is 1.63. The van der Waals surface area contributed by atoms with Crippen molar-refractivity contribution in [1.82, 2.24) is 9.47 Å². The van der Waals surface area contributed by atoms with Crippen molar-refractivity contribution in [3.63, 3.8) is 0 Å². The largest absolute Gasteiger partial charge is 0.494 e. The first-order chi connectivity index (χ1) is 12.6. The van der Waals surface area contributed by atoms with Gasteiger partial charge in [-0.3, -0.25) is 9.59 Å². The number of hydrogen-bond acceptors (Lipinski definition) is 3. The lowest BCUT2D eigenvalue weighted by atomic mass is 9.83. The van der Waals surface area contributed by atoms with E-state index in [1.54, 1.807) is 6.07 Å². The number of rotatable bonds is 4. The summed E-state index contributed by atoms with van der Waals surface area (Å²) in [6.45, 7) is 4.76. The molecule has 0 saturated carbocycles. The number of hydrogen-bond donors (Lipinski definition) is 0. The number of pyridine rings is 1. The summed E-state index contributed by atoms with van der Waals surface area (Å²) in [7, 11) is 0. The number of fused-ring (bicyclic) bond motifs is 4. The third-order valence-electron chi connectivity index (χ3n) is 5.42. The van der Waals surface area contributed by atoms with E-state index in [2.05, 4.69) is 0 Å². The molecule has 1 amide bonds. The Bertz CT molecular complexity index is 856. The van der Waals surface area contributed by atoms with Crippen LogP contribution in [-0.4, -0.2) is 35.1 Å². The predicted molar refractivity (Wildman–Crippen MR) is 99.4 cm³/mol. The molecular formula is C21H24N2O3.